The highest BCUT2D eigenvalue weighted by Gasteiger charge is 2.18. The molecule has 0 saturated carbocycles. The first-order chi connectivity index (χ1) is 12.0. The summed E-state index contributed by atoms with van der Waals surface area (Å²) in [5, 5.41) is 7.66. The molecule has 3 N–H and O–H groups in total. The SMILES string of the molecule is CCc1nc(C)c(C(=O)NNC(=O)c2n[nH]c(=O)c3ccccc23)s1. The van der Waals surface area contributed by atoms with E-state index < -0.39 is 11.8 Å². The molecule has 0 radical (unpaired) electrons. The maximum Gasteiger partial charge on any atom is 0.290 e. The van der Waals surface area contributed by atoms with Crippen LogP contribution in [-0.2, 0) is 6.42 Å². The van der Waals surface area contributed by atoms with E-state index in [-0.39, 0.29) is 11.3 Å². The molecule has 0 fully saturated rings. The Balaban J connectivity index is 1.79. The zero-order valence-electron chi connectivity index (χ0n) is 13.5. The first kappa shape index (κ1) is 16.8. The molecule has 3 rings (SSSR count). The van der Waals surface area contributed by atoms with Gasteiger partial charge in [0.25, 0.3) is 17.4 Å². The third kappa shape index (κ3) is 3.26. The molecule has 0 aliphatic rings. The summed E-state index contributed by atoms with van der Waals surface area (Å²) in [6, 6.07) is 6.61. The number of thiazole rings is 1. The quantitative estimate of drug-likeness (QED) is 0.611. The molecule has 128 valence electrons. The molecular formula is C16H15N5O3S. The Hall–Kier alpha value is -3.07. The van der Waals surface area contributed by atoms with Crippen LogP contribution < -0.4 is 16.4 Å². The number of amides is 2. The fraction of sp³-hybridized carbons (Fsp3) is 0.188. The van der Waals surface area contributed by atoms with Gasteiger partial charge in [0.15, 0.2) is 5.69 Å². The smallest absolute Gasteiger partial charge is 0.267 e. The number of nitrogens with one attached hydrogen (secondary N) is 3. The van der Waals surface area contributed by atoms with Crippen LogP contribution in [0.3, 0.4) is 0 Å². The van der Waals surface area contributed by atoms with E-state index in [0.717, 1.165) is 11.4 Å². The van der Waals surface area contributed by atoms with E-state index in [9.17, 15) is 14.4 Å². The Morgan fingerprint density at radius 2 is 1.84 bits per heavy atom. The van der Waals surface area contributed by atoms with Crippen molar-refractivity contribution in [1.29, 1.82) is 0 Å². The van der Waals surface area contributed by atoms with Crippen LogP contribution in [0.15, 0.2) is 29.1 Å². The third-order valence-electron chi connectivity index (χ3n) is 3.55. The van der Waals surface area contributed by atoms with Crippen LogP contribution in [0, 0.1) is 6.92 Å². The first-order valence-corrected chi connectivity index (χ1v) is 8.37. The normalized spacial score (nSPS) is 10.6. The van der Waals surface area contributed by atoms with E-state index >= 15 is 0 Å². The van der Waals surface area contributed by atoms with Crippen molar-refractivity contribution in [1.82, 2.24) is 26.0 Å². The number of carbonyl (C=O) groups excluding carboxylic acids is 2. The summed E-state index contributed by atoms with van der Waals surface area (Å²) >= 11 is 1.28. The lowest BCUT2D eigenvalue weighted by Crippen LogP contribution is -2.42. The second-order valence-electron chi connectivity index (χ2n) is 5.23. The number of aromatic amines is 1. The molecule has 0 spiro atoms. The van der Waals surface area contributed by atoms with Crippen molar-refractivity contribution in [3.05, 3.63) is 55.9 Å². The van der Waals surface area contributed by atoms with Gasteiger partial charge in [-0.3, -0.25) is 25.2 Å². The lowest BCUT2D eigenvalue weighted by molar-refractivity contribution is 0.0846. The average molecular weight is 357 g/mol. The largest absolute Gasteiger partial charge is 0.290 e. The number of hydrogen-bond donors (Lipinski definition) is 3. The molecule has 0 unspecified atom stereocenters. The van der Waals surface area contributed by atoms with Crippen LogP contribution in [0.1, 0.15) is 37.8 Å². The van der Waals surface area contributed by atoms with E-state index in [4.69, 9.17) is 0 Å². The number of nitrogens with zero attached hydrogens (tertiary/aromatic N) is 2. The number of H-pyrrole nitrogens is 1. The minimum Gasteiger partial charge on any atom is -0.267 e. The van der Waals surface area contributed by atoms with Crippen molar-refractivity contribution in [3.8, 4) is 0 Å². The van der Waals surface area contributed by atoms with Crippen LogP contribution in [0.25, 0.3) is 10.8 Å². The molecular weight excluding hydrogens is 342 g/mol. The van der Waals surface area contributed by atoms with Gasteiger partial charge in [-0.2, -0.15) is 5.10 Å². The Labute approximate surface area is 146 Å². The minimum absolute atomic E-state index is 0.0192. The molecule has 0 saturated heterocycles. The summed E-state index contributed by atoms with van der Waals surface area (Å²) in [6.07, 6.45) is 0.735. The molecule has 2 amide bonds. The van der Waals surface area contributed by atoms with Gasteiger partial charge in [0.2, 0.25) is 0 Å². The average Bonchev–Trinajstić information content (AvgIpc) is 3.01. The fourth-order valence-electron chi connectivity index (χ4n) is 2.33. The molecule has 2 heterocycles. The highest BCUT2D eigenvalue weighted by Crippen LogP contribution is 2.18. The highest BCUT2D eigenvalue weighted by atomic mass is 32.1. The lowest BCUT2D eigenvalue weighted by Gasteiger charge is -2.07. The summed E-state index contributed by atoms with van der Waals surface area (Å²) in [4.78, 5) is 41.0. The number of hydrogen-bond acceptors (Lipinski definition) is 6. The van der Waals surface area contributed by atoms with E-state index in [0.29, 0.717) is 21.3 Å². The topological polar surface area (TPSA) is 117 Å². The lowest BCUT2D eigenvalue weighted by atomic mass is 10.1. The van der Waals surface area contributed by atoms with E-state index in [1.54, 1.807) is 31.2 Å². The Morgan fingerprint density at radius 1 is 1.16 bits per heavy atom. The molecule has 2 aromatic heterocycles. The van der Waals surface area contributed by atoms with Crippen molar-refractivity contribution in [2.45, 2.75) is 20.3 Å². The van der Waals surface area contributed by atoms with Crippen LogP contribution in [0.2, 0.25) is 0 Å². The zero-order valence-corrected chi connectivity index (χ0v) is 14.4. The van der Waals surface area contributed by atoms with Gasteiger partial charge in [0.1, 0.15) is 4.88 Å². The minimum atomic E-state index is -0.626. The molecule has 0 aliphatic carbocycles. The van der Waals surface area contributed by atoms with E-state index in [1.807, 2.05) is 6.92 Å². The number of hydrazine groups is 1. The van der Waals surface area contributed by atoms with Crippen LogP contribution in [-0.4, -0.2) is 27.0 Å². The Morgan fingerprint density at radius 3 is 2.52 bits per heavy atom. The van der Waals surface area contributed by atoms with Gasteiger partial charge in [0.05, 0.1) is 16.1 Å². The van der Waals surface area contributed by atoms with Crippen molar-refractivity contribution in [2.75, 3.05) is 0 Å². The Kier molecular flexibility index (Phi) is 4.57. The molecule has 8 nitrogen and oxygen atoms in total. The van der Waals surface area contributed by atoms with Crippen LogP contribution in [0.4, 0.5) is 0 Å². The van der Waals surface area contributed by atoms with Crippen molar-refractivity contribution in [3.63, 3.8) is 0 Å². The monoisotopic (exact) mass is 357 g/mol. The predicted octanol–water partition coefficient (Wildman–Crippen LogP) is 1.33. The summed E-state index contributed by atoms with van der Waals surface area (Å²) < 4.78 is 0. The zero-order chi connectivity index (χ0) is 18.0. The molecule has 3 aromatic rings. The standard InChI is InChI=1S/C16H15N5O3S/c1-3-11-17-8(2)13(25-11)16(24)21-20-15(23)12-9-6-4-5-7-10(9)14(22)19-18-12/h4-7H,3H2,1-2H3,(H,19,22)(H,20,23)(H,21,24). The number of rotatable bonds is 3. The van der Waals surface area contributed by atoms with Crippen molar-refractivity contribution >= 4 is 33.9 Å². The molecule has 1 aromatic carbocycles. The van der Waals surface area contributed by atoms with Crippen LogP contribution in [0.5, 0.6) is 0 Å². The van der Waals surface area contributed by atoms with Crippen molar-refractivity contribution in [2.24, 2.45) is 0 Å². The fourth-order valence-corrected chi connectivity index (χ4v) is 3.23. The van der Waals surface area contributed by atoms with Gasteiger partial charge in [-0.1, -0.05) is 25.1 Å². The number of benzene rings is 1. The summed E-state index contributed by atoms with van der Waals surface area (Å²) in [5.41, 5.74) is 4.92. The van der Waals surface area contributed by atoms with Gasteiger partial charge in [-0.05, 0) is 19.4 Å². The van der Waals surface area contributed by atoms with Crippen molar-refractivity contribution < 1.29 is 9.59 Å². The Bertz CT molecular complexity index is 1020. The second kappa shape index (κ2) is 6.81. The van der Waals surface area contributed by atoms with Gasteiger partial charge in [-0.25, -0.2) is 10.1 Å². The molecule has 0 atom stereocenters. The summed E-state index contributed by atoms with van der Waals surface area (Å²) in [6.45, 7) is 3.69. The number of carbonyl (C=O) groups is 2. The van der Waals surface area contributed by atoms with E-state index in [2.05, 4.69) is 26.0 Å². The van der Waals surface area contributed by atoms with Gasteiger partial charge >= 0.3 is 0 Å². The van der Waals surface area contributed by atoms with Gasteiger partial charge in [0, 0.05) is 5.39 Å². The number of aryl methyl sites for hydroxylation is 2. The second-order valence-corrected chi connectivity index (χ2v) is 6.31. The van der Waals surface area contributed by atoms with Gasteiger partial charge < -0.3 is 0 Å². The molecule has 0 bridgehead atoms. The maximum atomic E-state index is 12.3. The number of aromatic nitrogens is 3. The summed E-state index contributed by atoms with van der Waals surface area (Å²) in [5.74, 6) is -1.07. The molecule has 0 aliphatic heterocycles. The number of fused-ring (bicyclic) bond motifs is 1. The first-order valence-electron chi connectivity index (χ1n) is 7.55. The summed E-state index contributed by atoms with van der Waals surface area (Å²) in [7, 11) is 0. The van der Waals surface area contributed by atoms with Crippen LogP contribution >= 0.6 is 11.3 Å². The molecule has 9 heteroatoms. The maximum absolute atomic E-state index is 12.3. The van der Waals surface area contributed by atoms with E-state index in [1.165, 1.54) is 11.3 Å². The molecule has 25 heavy (non-hydrogen) atoms. The van der Waals surface area contributed by atoms with Gasteiger partial charge in [-0.15, -0.1) is 11.3 Å². The predicted molar refractivity (Wildman–Crippen MR) is 93.5 cm³/mol. The highest BCUT2D eigenvalue weighted by molar-refractivity contribution is 7.13. The third-order valence-corrected chi connectivity index (χ3v) is 4.85.